The van der Waals surface area contributed by atoms with Gasteiger partial charge in [0.15, 0.2) is 5.82 Å². The molecule has 5 nitrogen and oxygen atoms in total. The molecule has 0 spiro atoms. The molecular formula is C22H21N5S. The molecule has 0 radical (unpaired) electrons. The second kappa shape index (κ2) is 8.27. The van der Waals surface area contributed by atoms with Crippen molar-refractivity contribution < 1.29 is 0 Å². The number of hydrogen-bond donors (Lipinski definition) is 0. The molecule has 3 aromatic heterocycles. The van der Waals surface area contributed by atoms with Crippen molar-refractivity contribution in [1.82, 2.24) is 19.3 Å². The van der Waals surface area contributed by atoms with Gasteiger partial charge >= 0.3 is 0 Å². The highest BCUT2D eigenvalue weighted by Gasteiger charge is 2.16. The lowest BCUT2D eigenvalue weighted by molar-refractivity contribution is 0.757. The Hall–Kier alpha value is -3.12. The van der Waals surface area contributed by atoms with Gasteiger partial charge in [-0.1, -0.05) is 42.5 Å². The Morgan fingerprint density at radius 1 is 0.714 bits per heavy atom. The van der Waals surface area contributed by atoms with Crippen molar-refractivity contribution in [3.05, 3.63) is 89.5 Å². The fourth-order valence-corrected chi connectivity index (χ4v) is 3.69. The summed E-state index contributed by atoms with van der Waals surface area (Å²) in [5.74, 6) is 0.750. The van der Waals surface area contributed by atoms with Gasteiger partial charge in [-0.05, 0) is 38.1 Å². The minimum absolute atomic E-state index is 0.653. The van der Waals surface area contributed by atoms with Crippen molar-refractivity contribution >= 4 is 16.7 Å². The van der Waals surface area contributed by atoms with E-state index in [0.29, 0.717) is 13.1 Å². The normalized spacial score (nSPS) is 10.8. The zero-order valence-electron chi connectivity index (χ0n) is 15.9. The molecule has 28 heavy (non-hydrogen) atoms. The van der Waals surface area contributed by atoms with Crippen LogP contribution in [0.3, 0.4) is 0 Å². The lowest BCUT2D eigenvalue weighted by atomic mass is 10.2. The number of rotatable bonds is 6. The van der Waals surface area contributed by atoms with Crippen LogP contribution in [-0.2, 0) is 13.1 Å². The standard InChI is InChI=1S/C22H21N5S/c1-16-8-6-12-19(23-16)14-27(15-20-13-7-9-17(2)24-20)22-25-21(26-28-22)18-10-4-3-5-11-18/h3-13H,14-15H2,1-2H3. The van der Waals surface area contributed by atoms with E-state index in [-0.39, 0.29) is 0 Å². The van der Waals surface area contributed by atoms with Gasteiger partial charge < -0.3 is 4.90 Å². The zero-order valence-corrected chi connectivity index (χ0v) is 16.7. The average Bonchev–Trinajstić information content (AvgIpc) is 3.19. The molecule has 6 heteroatoms. The van der Waals surface area contributed by atoms with Crippen molar-refractivity contribution in [2.24, 2.45) is 0 Å². The van der Waals surface area contributed by atoms with Crippen LogP contribution >= 0.6 is 11.5 Å². The second-order valence-electron chi connectivity index (χ2n) is 6.66. The number of aromatic nitrogens is 4. The number of nitrogens with zero attached hydrogens (tertiary/aromatic N) is 5. The predicted octanol–water partition coefficient (Wildman–Crippen LogP) is 4.82. The Kier molecular flexibility index (Phi) is 5.39. The van der Waals surface area contributed by atoms with Gasteiger partial charge in [-0.15, -0.1) is 0 Å². The second-order valence-corrected chi connectivity index (χ2v) is 7.39. The first kappa shape index (κ1) is 18.3. The van der Waals surface area contributed by atoms with Crippen LogP contribution in [0.2, 0.25) is 0 Å². The van der Waals surface area contributed by atoms with Crippen LogP contribution in [0, 0.1) is 13.8 Å². The molecule has 0 unspecified atom stereocenters. The maximum Gasteiger partial charge on any atom is 0.206 e. The third-order valence-electron chi connectivity index (χ3n) is 4.32. The van der Waals surface area contributed by atoms with Crippen molar-refractivity contribution in [2.45, 2.75) is 26.9 Å². The fraction of sp³-hybridized carbons (Fsp3) is 0.182. The Morgan fingerprint density at radius 3 is 1.89 bits per heavy atom. The van der Waals surface area contributed by atoms with Crippen LogP contribution in [-0.4, -0.2) is 19.3 Å². The van der Waals surface area contributed by atoms with Gasteiger partial charge in [0.1, 0.15) is 0 Å². The lowest BCUT2D eigenvalue weighted by Crippen LogP contribution is -2.23. The molecule has 0 saturated heterocycles. The van der Waals surface area contributed by atoms with Gasteiger partial charge in [-0.25, -0.2) is 0 Å². The molecule has 4 rings (SSSR count). The fourth-order valence-electron chi connectivity index (χ4n) is 3.01. The van der Waals surface area contributed by atoms with Crippen LogP contribution in [0.1, 0.15) is 22.8 Å². The van der Waals surface area contributed by atoms with Crippen molar-refractivity contribution in [1.29, 1.82) is 0 Å². The summed E-state index contributed by atoms with van der Waals surface area (Å²) in [6.07, 6.45) is 0. The molecule has 0 aliphatic heterocycles. The van der Waals surface area contributed by atoms with Gasteiger partial charge in [-0.3, -0.25) is 9.97 Å². The van der Waals surface area contributed by atoms with Crippen LogP contribution in [0.4, 0.5) is 5.13 Å². The molecule has 0 N–H and O–H groups in total. The molecule has 0 atom stereocenters. The Morgan fingerprint density at radius 2 is 1.32 bits per heavy atom. The van der Waals surface area contributed by atoms with Gasteiger partial charge in [0, 0.05) is 28.5 Å². The maximum absolute atomic E-state index is 4.80. The zero-order chi connectivity index (χ0) is 19.3. The van der Waals surface area contributed by atoms with Crippen LogP contribution in [0.5, 0.6) is 0 Å². The van der Waals surface area contributed by atoms with E-state index in [2.05, 4.69) is 19.2 Å². The quantitative estimate of drug-likeness (QED) is 0.475. The van der Waals surface area contributed by atoms with E-state index in [0.717, 1.165) is 39.3 Å². The highest BCUT2D eigenvalue weighted by molar-refractivity contribution is 7.09. The molecule has 0 amide bonds. The number of aryl methyl sites for hydroxylation is 2. The van der Waals surface area contributed by atoms with E-state index in [1.54, 1.807) is 0 Å². The SMILES string of the molecule is Cc1cccc(CN(Cc2cccc(C)n2)c2nc(-c3ccccc3)ns2)n1. The molecule has 1 aromatic carbocycles. The van der Waals surface area contributed by atoms with Gasteiger partial charge in [0.25, 0.3) is 0 Å². The van der Waals surface area contributed by atoms with Crippen LogP contribution in [0.25, 0.3) is 11.4 Å². The number of hydrogen-bond acceptors (Lipinski definition) is 6. The minimum Gasteiger partial charge on any atom is -0.335 e. The van der Waals surface area contributed by atoms with Gasteiger partial charge in [-0.2, -0.15) is 9.36 Å². The molecule has 4 aromatic rings. The molecule has 0 aliphatic rings. The largest absolute Gasteiger partial charge is 0.335 e. The summed E-state index contributed by atoms with van der Waals surface area (Å²) < 4.78 is 4.57. The van der Waals surface area contributed by atoms with E-state index >= 15 is 0 Å². The van der Waals surface area contributed by atoms with E-state index in [4.69, 9.17) is 4.98 Å². The topological polar surface area (TPSA) is 54.8 Å². The number of benzene rings is 1. The van der Waals surface area contributed by atoms with Gasteiger partial charge in [0.05, 0.1) is 24.5 Å². The molecule has 0 saturated carbocycles. The lowest BCUT2D eigenvalue weighted by Gasteiger charge is -2.21. The smallest absolute Gasteiger partial charge is 0.206 e. The summed E-state index contributed by atoms with van der Waals surface area (Å²) in [7, 11) is 0. The average molecular weight is 388 g/mol. The molecular weight excluding hydrogens is 366 g/mol. The highest BCUT2D eigenvalue weighted by atomic mass is 32.1. The predicted molar refractivity (Wildman–Crippen MR) is 113 cm³/mol. The Labute approximate surface area is 168 Å². The van der Waals surface area contributed by atoms with Crippen molar-refractivity contribution in [3.8, 4) is 11.4 Å². The summed E-state index contributed by atoms with van der Waals surface area (Å²) >= 11 is 1.41. The molecule has 0 aliphatic carbocycles. The monoisotopic (exact) mass is 387 g/mol. The summed E-state index contributed by atoms with van der Waals surface area (Å²) in [5.41, 5.74) is 5.04. The highest BCUT2D eigenvalue weighted by Crippen LogP contribution is 2.26. The summed E-state index contributed by atoms with van der Waals surface area (Å²) in [5, 5.41) is 0.866. The first-order valence-corrected chi connectivity index (χ1v) is 9.94. The third kappa shape index (κ3) is 4.40. The first-order chi connectivity index (χ1) is 13.7. The third-order valence-corrected chi connectivity index (χ3v) is 5.09. The van der Waals surface area contributed by atoms with E-state index in [1.165, 1.54) is 11.5 Å². The molecule has 0 fully saturated rings. The van der Waals surface area contributed by atoms with Gasteiger partial charge in [0.2, 0.25) is 5.13 Å². The van der Waals surface area contributed by atoms with Crippen LogP contribution in [0.15, 0.2) is 66.7 Å². The summed E-state index contributed by atoms with van der Waals surface area (Å²) in [6.45, 7) is 5.32. The van der Waals surface area contributed by atoms with Crippen molar-refractivity contribution in [3.63, 3.8) is 0 Å². The van der Waals surface area contributed by atoms with Crippen molar-refractivity contribution in [2.75, 3.05) is 4.90 Å². The maximum atomic E-state index is 4.80. The molecule has 3 heterocycles. The Balaban J connectivity index is 1.65. The number of anilines is 1. The molecule has 0 bridgehead atoms. The van der Waals surface area contributed by atoms with E-state index < -0.39 is 0 Å². The molecule has 140 valence electrons. The summed E-state index contributed by atoms with van der Waals surface area (Å²) in [4.78, 5) is 16.3. The minimum atomic E-state index is 0.653. The van der Waals surface area contributed by atoms with E-state index in [1.807, 2.05) is 80.6 Å². The van der Waals surface area contributed by atoms with Crippen LogP contribution < -0.4 is 4.90 Å². The first-order valence-electron chi connectivity index (χ1n) is 9.16. The van der Waals surface area contributed by atoms with E-state index in [9.17, 15) is 0 Å². The number of pyridine rings is 2. The Bertz CT molecular complexity index is 1010. The summed E-state index contributed by atoms with van der Waals surface area (Å²) in [6, 6.07) is 22.2.